The molecular weight excluding hydrogens is 546 g/mol. The van der Waals surface area contributed by atoms with E-state index in [1.165, 1.54) is 37.6 Å². The summed E-state index contributed by atoms with van der Waals surface area (Å²) in [5, 5.41) is 8.88. The Morgan fingerprint density at radius 1 is 1.07 bits per heavy atom. The molecule has 42 heavy (non-hydrogen) atoms. The standard InChI is InChI=1S/C32H41N7O2S/c1-32(2)19-21-5-4-16-33-26-6-3-7-29(34-26)42-37-31(40)25-12-13-27(35-30(25)38(32)20-21)39-17-14-28(36-39)41-18-15-24(22-8-9-22)23-10-11-23/h3,6-7,12-14,17,21-24H,4-5,8-11,15-16,18-20H2,1-2H3,(H,33,34)(H,37,40). The van der Waals surface area contributed by atoms with E-state index in [9.17, 15) is 4.79 Å². The lowest BCUT2D eigenvalue weighted by Crippen LogP contribution is -2.40. The van der Waals surface area contributed by atoms with Crippen LogP contribution in [-0.2, 0) is 0 Å². The van der Waals surface area contributed by atoms with Crippen LogP contribution in [0, 0.1) is 23.7 Å². The van der Waals surface area contributed by atoms with E-state index in [1.54, 1.807) is 4.68 Å². The number of rotatable bonds is 7. The number of carbonyl (C=O) groups is 1. The van der Waals surface area contributed by atoms with Gasteiger partial charge in [0.15, 0.2) is 5.82 Å². The Bertz CT molecular complexity index is 1420. The number of hydrogen-bond donors (Lipinski definition) is 2. The summed E-state index contributed by atoms with van der Waals surface area (Å²) in [4.78, 5) is 25.6. The zero-order valence-corrected chi connectivity index (χ0v) is 25.4. The Morgan fingerprint density at radius 3 is 2.71 bits per heavy atom. The largest absolute Gasteiger partial charge is 0.477 e. The molecule has 0 aromatic carbocycles. The number of ether oxygens (including phenoxy) is 1. The van der Waals surface area contributed by atoms with Crippen LogP contribution in [0.1, 0.15) is 75.6 Å². The lowest BCUT2D eigenvalue weighted by atomic mass is 9.93. The number of amides is 1. The van der Waals surface area contributed by atoms with E-state index < -0.39 is 0 Å². The van der Waals surface area contributed by atoms with Crippen LogP contribution in [0.4, 0.5) is 11.6 Å². The molecule has 2 saturated carbocycles. The van der Waals surface area contributed by atoms with E-state index in [2.05, 4.69) is 33.8 Å². The zero-order valence-electron chi connectivity index (χ0n) is 24.6. The average molecular weight is 588 g/mol. The molecule has 3 fully saturated rings. The van der Waals surface area contributed by atoms with Gasteiger partial charge in [-0.1, -0.05) is 6.07 Å². The maximum Gasteiger partial charge on any atom is 0.265 e. The van der Waals surface area contributed by atoms with E-state index >= 15 is 0 Å². The van der Waals surface area contributed by atoms with Crippen molar-refractivity contribution in [1.82, 2.24) is 24.5 Å². The minimum Gasteiger partial charge on any atom is -0.477 e. The van der Waals surface area contributed by atoms with Crippen molar-refractivity contribution in [3.63, 3.8) is 0 Å². The smallest absolute Gasteiger partial charge is 0.265 e. The van der Waals surface area contributed by atoms with E-state index in [1.807, 2.05) is 42.6 Å². The molecule has 3 aromatic heterocycles. The van der Waals surface area contributed by atoms with Crippen molar-refractivity contribution < 1.29 is 9.53 Å². The van der Waals surface area contributed by atoms with Gasteiger partial charge in [0.25, 0.3) is 5.91 Å². The summed E-state index contributed by atoms with van der Waals surface area (Å²) in [6.45, 7) is 6.95. The fraction of sp³-hybridized carbons (Fsp3) is 0.562. The second-order valence-electron chi connectivity index (χ2n) is 13.1. The van der Waals surface area contributed by atoms with Crippen LogP contribution in [0.15, 0.2) is 47.6 Å². The van der Waals surface area contributed by atoms with E-state index in [4.69, 9.17) is 14.8 Å². The van der Waals surface area contributed by atoms with Gasteiger partial charge in [0.1, 0.15) is 16.7 Å². The lowest BCUT2D eigenvalue weighted by molar-refractivity contribution is 0.0984. The van der Waals surface area contributed by atoms with Crippen LogP contribution in [-0.4, -0.2) is 50.9 Å². The Kier molecular flexibility index (Phi) is 7.50. The monoisotopic (exact) mass is 587 g/mol. The summed E-state index contributed by atoms with van der Waals surface area (Å²) in [6, 6.07) is 11.5. The molecule has 1 saturated heterocycles. The third kappa shape index (κ3) is 6.09. The highest BCUT2D eigenvalue weighted by atomic mass is 32.2. The second-order valence-corrected chi connectivity index (χ2v) is 13.9. The number of pyridine rings is 2. The van der Waals surface area contributed by atoms with Gasteiger partial charge in [-0.05, 0) is 113 Å². The molecule has 4 bridgehead atoms. The van der Waals surface area contributed by atoms with Gasteiger partial charge in [-0.2, -0.15) is 0 Å². The van der Waals surface area contributed by atoms with E-state index in [0.717, 1.165) is 67.4 Å². The third-order valence-electron chi connectivity index (χ3n) is 9.34. The maximum atomic E-state index is 13.6. The number of anilines is 2. The lowest BCUT2D eigenvalue weighted by Gasteiger charge is -2.34. The topological polar surface area (TPSA) is 97.2 Å². The molecule has 3 aromatic rings. The van der Waals surface area contributed by atoms with Crippen LogP contribution in [0.5, 0.6) is 5.88 Å². The van der Waals surface area contributed by atoms with Crippen molar-refractivity contribution in [3.8, 4) is 11.7 Å². The van der Waals surface area contributed by atoms with Gasteiger partial charge in [0.2, 0.25) is 5.88 Å². The van der Waals surface area contributed by atoms with Gasteiger partial charge in [-0.3, -0.25) is 9.52 Å². The first kappa shape index (κ1) is 27.6. The number of nitrogens with one attached hydrogen (secondary N) is 2. The molecule has 1 amide bonds. The fourth-order valence-corrected chi connectivity index (χ4v) is 7.55. The van der Waals surface area contributed by atoms with Crippen LogP contribution in [0.2, 0.25) is 0 Å². The molecular formula is C32H41N7O2S. The second kappa shape index (κ2) is 11.4. The summed E-state index contributed by atoms with van der Waals surface area (Å²) in [7, 11) is 0. The Balaban J connectivity index is 1.13. The minimum atomic E-state index is -0.186. The van der Waals surface area contributed by atoms with Crippen molar-refractivity contribution in [1.29, 1.82) is 0 Å². The van der Waals surface area contributed by atoms with Crippen LogP contribution in [0.3, 0.4) is 0 Å². The van der Waals surface area contributed by atoms with Gasteiger partial charge in [0.05, 0.1) is 12.2 Å². The van der Waals surface area contributed by atoms with Gasteiger partial charge in [-0.15, -0.1) is 5.10 Å². The summed E-state index contributed by atoms with van der Waals surface area (Å²) in [5.74, 6) is 5.84. The van der Waals surface area contributed by atoms with E-state index in [0.29, 0.717) is 35.6 Å². The molecule has 2 aliphatic heterocycles. The fourth-order valence-electron chi connectivity index (χ4n) is 6.95. The molecule has 0 spiro atoms. The van der Waals surface area contributed by atoms with Crippen LogP contribution < -0.4 is 19.7 Å². The normalized spacial score (nSPS) is 22.1. The molecule has 0 radical (unpaired) electrons. The first-order chi connectivity index (χ1) is 20.4. The number of hydrogen-bond acceptors (Lipinski definition) is 8. The number of nitrogens with zero attached hydrogens (tertiary/aromatic N) is 5. The van der Waals surface area contributed by atoms with Gasteiger partial charge in [0, 0.05) is 42.8 Å². The number of fused-ring (bicyclic) bond motifs is 6. The predicted molar refractivity (Wildman–Crippen MR) is 165 cm³/mol. The van der Waals surface area contributed by atoms with Gasteiger partial charge < -0.3 is 15.0 Å². The summed E-state index contributed by atoms with van der Waals surface area (Å²) in [6.07, 6.45) is 11.8. The molecule has 222 valence electrons. The van der Waals surface area contributed by atoms with Crippen molar-refractivity contribution in [2.45, 2.75) is 75.8 Å². The quantitative estimate of drug-likeness (QED) is 0.320. The molecule has 7 rings (SSSR count). The SMILES string of the molecule is CC1(C)CC2CCCNc3cccc(n3)SNC(=O)c3ccc(-n4ccc(OCCC(C5CC5)C5CC5)n4)nc3N1C2. The molecule has 9 nitrogen and oxygen atoms in total. The van der Waals surface area contributed by atoms with Crippen molar-refractivity contribution in [2.24, 2.45) is 23.7 Å². The molecule has 10 heteroatoms. The molecule has 1 atom stereocenters. The van der Waals surface area contributed by atoms with Gasteiger partial charge >= 0.3 is 0 Å². The number of aromatic nitrogens is 4. The van der Waals surface area contributed by atoms with Crippen molar-refractivity contribution in [3.05, 3.63) is 48.2 Å². The van der Waals surface area contributed by atoms with Crippen LogP contribution in [0.25, 0.3) is 5.82 Å². The predicted octanol–water partition coefficient (Wildman–Crippen LogP) is 6.12. The number of carbonyl (C=O) groups excluding carboxylic acids is 1. The Hall–Kier alpha value is -3.27. The summed E-state index contributed by atoms with van der Waals surface area (Å²) >= 11 is 1.23. The highest BCUT2D eigenvalue weighted by Crippen LogP contribution is 2.50. The Morgan fingerprint density at radius 2 is 1.90 bits per heavy atom. The molecule has 4 aliphatic rings. The highest BCUT2D eigenvalue weighted by Gasteiger charge is 2.42. The average Bonchev–Trinajstić information content (AvgIpc) is 3.92. The molecule has 1 unspecified atom stereocenters. The molecule has 2 N–H and O–H groups in total. The minimum absolute atomic E-state index is 0.132. The molecule has 2 aliphatic carbocycles. The molecule has 5 heterocycles. The zero-order chi connectivity index (χ0) is 28.7. The van der Waals surface area contributed by atoms with Gasteiger partial charge in [-0.25, -0.2) is 14.6 Å². The van der Waals surface area contributed by atoms with E-state index in [-0.39, 0.29) is 11.4 Å². The first-order valence-electron chi connectivity index (χ1n) is 15.6. The maximum absolute atomic E-state index is 13.6. The Labute approximate surface area is 252 Å². The summed E-state index contributed by atoms with van der Waals surface area (Å²) < 4.78 is 10.9. The van der Waals surface area contributed by atoms with Crippen molar-refractivity contribution in [2.75, 3.05) is 29.9 Å². The first-order valence-corrected chi connectivity index (χ1v) is 16.4. The van der Waals surface area contributed by atoms with Crippen molar-refractivity contribution >= 4 is 29.5 Å². The highest BCUT2D eigenvalue weighted by molar-refractivity contribution is 7.97. The third-order valence-corrected chi connectivity index (χ3v) is 10.1. The van der Waals surface area contributed by atoms with Crippen LogP contribution >= 0.6 is 11.9 Å². The summed E-state index contributed by atoms with van der Waals surface area (Å²) in [5.41, 5.74) is 0.422.